The number of hydrogen-bond acceptors (Lipinski definition) is 8. The van der Waals surface area contributed by atoms with E-state index in [1.807, 2.05) is 27.7 Å². The fraction of sp³-hybridized carbons (Fsp3) is 0.514. The molecule has 0 fully saturated rings. The molecule has 0 aliphatic carbocycles. The number of carboxylic acids is 2. The number of nitrogens with one attached hydrogen (secondary N) is 3. The lowest BCUT2D eigenvalue weighted by molar-refractivity contribution is -0.159. The van der Waals surface area contributed by atoms with E-state index in [4.69, 9.17) is 24.4 Å². The van der Waals surface area contributed by atoms with Gasteiger partial charge in [-0.3, -0.25) is 9.59 Å². The predicted octanol–water partition coefficient (Wildman–Crippen LogP) is 4.25. The Morgan fingerprint density at radius 2 is 1.19 bits per heavy atom. The highest BCUT2D eigenvalue weighted by atomic mass is 16.6. The van der Waals surface area contributed by atoms with E-state index in [0.29, 0.717) is 17.9 Å². The van der Waals surface area contributed by atoms with Crippen molar-refractivity contribution in [2.75, 3.05) is 6.54 Å². The molecule has 0 aromatic heterocycles. The molecule has 13 nitrogen and oxygen atoms in total. The molecule has 5 N–H and O–H groups in total. The second-order valence-electron chi connectivity index (χ2n) is 13.3. The molecule has 0 aliphatic rings. The van der Waals surface area contributed by atoms with Gasteiger partial charge in [-0.05, 0) is 83.4 Å². The summed E-state index contributed by atoms with van der Waals surface area (Å²) >= 11 is 0. The number of carboxylic acid groups (broad SMARTS) is 2. The van der Waals surface area contributed by atoms with Crippen LogP contribution in [-0.4, -0.2) is 76.0 Å². The third-order valence-electron chi connectivity index (χ3n) is 6.57. The van der Waals surface area contributed by atoms with Crippen LogP contribution >= 0.6 is 0 Å². The van der Waals surface area contributed by atoms with Gasteiger partial charge in [0.1, 0.15) is 34.8 Å². The van der Waals surface area contributed by atoms with Crippen molar-refractivity contribution in [3.05, 3.63) is 59.7 Å². The third kappa shape index (κ3) is 14.7. The molecule has 13 heteroatoms. The minimum absolute atomic E-state index is 0.00121. The van der Waals surface area contributed by atoms with E-state index in [0.717, 1.165) is 24.8 Å². The molecule has 0 spiro atoms. The molecular weight excluding hydrogens is 622 g/mol. The Kier molecular flexibility index (Phi) is 14.7. The lowest BCUT2D eigenvalue weighted by atomic mass is 10.0. The monoisotopic (exact) mass is 671 g/mol. The van der Waals surface area contributed by atoms with Gasteiger partial charge in [0, 0.05) is 19.4 Å². The number of hydrogen-bond donors (Lipinski definition) is 5. The quantitative estimate of drug-likeness (QED) is 0.120. The number of benzene rings is 2. The number of rotatable bonds is 17. The van der Waals surface area contributed by atoms with E-state index in [1.165, 1.54) is 24.3 Å². The smallest absolute Gasteiger partial charge is 0.408 e. The van der Waals surface area contributed by atoms with Gasteiger partial charge >= 0.3 is 18.0 Å². The maximum Gasteiger partial charge on any atom is 0.408 e. The van der Waals surface area contributed by atoms with E-state index in [-0.39, 0.29) is 18.6 Å². The van der Waals surface area contributed by atoms with E-state index >= 15 is 0 Å². The fourth-order valence-corrected chi connectivity index (χ4v) is 4.42. The Hall–Kier alpha value is -4.81. The van der Waals surface area contributed by atoms with E-state index in [1.54, 1.807) is 45.0 Å². The summed E-state index contributed by atoms with van der Waals surface area (Å²) in [6.45, 7) is 13.3. The van der Waals surface area contributed by atoms with Crippen LogP contribution in [-0.2, 0) is 36.8 Å². The number of unbranched alkanes of at least 4 members (excludes halogenated alkanes) is 2. The normalized spacial score (nSPS) is 12.8. The third-order valence-corrected chi connectivity index (χ3v) is 6.57. The first-order valence-corrected chi connectivity index (χ1v) is 15.9. The molecule has 3 amide bonds. The predicted molar refractivity (Wildman–Crippen MR) is 178 cm³/mol. The molecule has 2 aromatic rings. The SMILES string of the molecule is CCCCCNC(=O)[C@H](Cc1ccc(OC(C(=O)O)C(=O)O)cc1)NC(=O)[C@H](Cc1ccc(OC(C)(C)C)cc1)NC(=O)OC(C)(C)C. The van der Waals surface area contributed by atoms with Crippen LogP contribution in [0.1, 0.15) is 78.9 Å². The molecular formula is C35H49N3O10. The van der Waals surface area contributed by atoms with Gasteiger partial charge in [-0.1, -0.05) is 44.0 Å². The maximum atomic E-state index is 13.8. The summed E-state index contributed by atoms with van der Waals surface area (Å²) in [4.78, 5) is 62.3. The van der Waals surface area contributed by atoms with Crippen molar-refractivity contribution in [1.29, 1.82) is 0 Å². The largest absolute Gasteiger partial charge is 0.488 e. The number of carbonyl (C=O) groups excluding carboxylic acids is 3. The van der Waals surface area contributed by atoms with Gasteiger partial charge < -0.3 is 40.4 Å². The Labute approximate surface area is 281 Å². The summed E-state index contributed by atoms with van der Waals surface area (Å²) < 4.78 is 16.4. The number of ether oxygens (including phenoxy) is 3. The van der Waals surface area contributed by atoms with Crippen molar-refractivity contribution in [3.8, 4) is 11.5 Å². The minimum Gasteiger partial charge on any atom is -0.488 e. The van der Waals surface area contributed by atoms with Crippen molar-refractivity contribution in [2.24, 2.45) is 0 Å². The van der Waals surface area contributed by atoms with Gasteiger partial charge in [0.05, 0.1) is 0 Å². The first kappa shape index (κ1) is 39.4. The topological polar surface area (TPSA) is 190 Å². The van der Waals surface area contributed by atoms with Gasteiger partial charge in [-0.2, -0.15) is 0 Å². The van der Waals surface area contributed by atoms with Crippen LogP contribution in [0.5, 0.6) is 11.5 Å². The summed E-state index contributed by atoms with van der Waals surface area (Å²) in [5.41, 5.74) is 0.0819. The van der Waals surface area contributed by atoms with Gasteiger partial charge in [-0.15, -0.1) is 0 Å². The van der Waals surface area contributed by atoms with Gasteiger partial charge in [0.25, 0.3) is 6.10 Å². The van der Waals surface area contributed by atoms with Gasteiger partial charge in [0.15, 0.2) is 0 Å². The molecule has 264 valence electrons. The summed E-state index contributed by atoms with van der Waals surface area (Å²) in [6.07, 6.45) is -0.150. The van der Waals surface area contributed by atoms with Crippen LogP contribution in [0.4, 0.5) is 4.79 Å². The van der Waals surface area contributed by atoms with Crippen LogP contribution in [0.3, 0.4) is 0 Å². The number of aliphatic carboxylic acids is 2. The molecule has 0 bridgehead atoms. The van der Waals surface area contributed by atoms with Gasteiger partial charge in [-0.25, -0.2) is 14.4 Å². The van der Waals surface area contributed by atoms with E-state index < -0.39 is 59.2 Å². The zero-order valence-electron chi connectivity index (χ0n) is 28.8. The van der Waals surface area contributed by atoms with Crippen LogP contribution in [0, 0.1) is 0 Å². The number of carbonyl (C=O) groups is 5. The van der Waals surface area contributed by atoms with Crippen molar-refractivity contribution < 1.29 is 48.4 Å². The Morgan fingerprint density at radius 3 is 1.65 bits per heavy atom. The molecule has 0 heterocycles. The molecule has 2 rings (SSSR count). The molecule has 0 saturated heterocycles. The first-order valence-electron chi connectivity index (χ1n) is 15.9. The minimum atomic E-state index is -2.09. The van der Waals surface area contributed by atoms with Crippen LogP contribution < -0.4 is 25.4 Å². The summed E-state index contributed by atoms with van der Waals surface area (Å²) in [7, 11) is 0. The molecule has 0 radical (unpaired) electrons. The lowest BCUT2D eigenvalue weighted by Crippen LogP contribution is -2.55. The highest BCUT2D eigenvalue weighted by molar-refractivity contribution is 5.96. The molecule has 2 aromatic carbocycles. The van der Waals surface area contributed by atoms with Crippen LogP contribution in [0.15, 0.2) is 48.5 Å². The molecule has 0 saturated carbocycles. The highest BCUT2D eigenvalue weighted by Crippen LogP contribution is 2.20. The van der Waals surface area contributed by atoms with E-state index in [9.17, 15) is 24.0 Å². The van der Waals surface area contributed by atoms with Gasteiger partial charge in [0.2, 0.25) is 11.8 Å². The van der Waals surface area contributed by atoms with Crippen LogP contribution in [0.2, 0.25) is 0 Å². The van der Waals surface area contributed by atoms with E-state index in [2.05, 4.69) is 16.0 Å². The molecule has 0 unspecified atom stereocenters. The van der Waals surface area contributed by atoms with Crippen molar-refractivity contribution in [3.63, 3.8) is 0 Å². The molecule has 48 heavy (non-hydrogen) atoms. The zero-order valence-corrected chi connectivity index (χ0v) is 28.8. The second kappa shape index (κ2) is 17.9. The lowest BCUT2D eigenvalue weighted by Gasteiger charge is -2.26. The second-order valence-corrected chi connectivity index (χ2v) is 13.3. The Bertz CT molecular complexity index is 1370. The van der Waals surface area contributed by atoms with Crippen molar-refractivity contribution in [1.82, 2.24) is 16.0 Å². The number of amides is 3. The highest BCUT2D eigenvalue weighted by Gasteiger charge is 2.30. The van der Waals surface area contributed by atoms with Crippen LogP contribution in [0.25, 0.3) is 0 Å². The Morgan fingerprint density at radius 1 is 0.688 bits per heavy atom. The van der Waals surface area contributed by atoms with Crippen molar-refractivity contribution >= 4 is 29.8 Å². The van der Waals surface area contributed by atoms with Crippen molar-refractivity contribution in [2.45, 2.75) is 110 Å². The average Bonchev–Trinajstić information content (AvgIpc) is 2.97. The Balaban J connectivity index is 2.31. The molecule has 0 aliphatic heterocycles. The zero-order chi connectivity index (χ0) is 36.1. The summed E-state index contributed by atoms with van der Waals surface area (Å²) in [5, 5.41) is 26.5. The molecule has 2 atom stereocenters. The maximum absolute atomic E-state index is 13.8. The fourth-order valence-electron chi connectivity index (χ4n) is 4.42. The standard InChI is InChI=1S/C35H49N3O10/c1-8-9-10-19-36-29(39)26(20-22-11-15-24(16-12-22)46-28(31(41)42)32(43)44)37-30(40)27(38-33(45)48-35(5,6)7)21-23-13-17-25(18-14-23)47-34(2,3)4/h11-18,26-28H,8-10,19-21H2,1-7H3,(H,36,39)(H,37,40)(H,38,45)(H,41,42)(H,43,44)/t26-,27-/m0/s1. The average molecular weight is 672 g/mol. The summed E-state index contributed by atoms with van der Waals surface area (Å²) in [6, 6.07) is 10.8. The first-order chi connectivity index (χ1) is 22.4. The summed E-state index contributed by atoms with van der Waals surface area (Å²) in [5.74, 6) is -3.72. The number of alkyl carbamates (subject to hydrolysis) is 1.